The van der Waals surface area contributed by atoms with Crippen LogP contribution < -0.4 is 0 Å². The summed E-state index contributed by atoms with van der Waals surface area (Å²) in [5.74, 6) is 0.474. The van der Waals surface area contributed by atoms with E-state index >= 15 is 0 Å². The van der Waals surface area contributed by atoms with Crippen molar-refractivity contribution in [3.63, 3.8) is 0 Å². The third kappa shape index (κ3) is 4.50. The summed E-state index contributed by atoms with van der Waals surface area (Å²) in [7, 11) is 0. The minimum absolute atomic E-state index is 0.0601. The third-order valence-electron chi connectivity index (χ3n) is 3.55. The van der Waals surface area contributed by atoms with Crippen molar-refractivity contribution in [2.24, 2.45) is 5.92 Å². The molecule has 1 aliphatic heterocycles. The lowest BCUT2D eigenvalue weighted by atomic mass is 9.95. The molecule has 96 valence electrons. The monoisotopic (exact) mass is 238 g/mol. The zero-order valence-electron chi connectivity index (χ0n) is 10.4. The first-order valence-corrected chi connectivity index (χ1v) is 6.77. The van der Waals surface area contributed by atoms with Crippen LogP contribution in [-0.2, 0) is 14.3 Å². The smallest absolute Gasteiger partial charge is 0.305 e. The molecule has 3 nitrogen and oxygen atoms in total. The second-order valence-electron chi connectivity index (χ2n) is 5.01. The predicted octanol–water partition coefficient (Wildman–Crippen LogP) is 2.85. The fraction of sp³-hybridized carbons (Fsp3) is 0.786. The largest absolute Gasteiger partial charge is 0.465 e. The van der Waals surface area contributed by atoms with Gasteiger partial charge in [0.2, 0.25) is 0 Å². The molecule has 1 aliphatic carbocycles. The van der Waals surface area contributed by atoms with Crippen LogP contribution in [-0.4, -0.2) is 25.3 Å². The summed E-state index contributed by atoms with van der Waals surface area (Å²) in [5, 5.41) is 0. The Labute approximate surface area is 103 Å². The number of ether oxygens (including phenoxy) is 2. The molecule has 0 bridgehead atoms. The summed E-state index contributed by atoms with van der Waals surface area (Å²) in [4.78, 5) is 11.5. The Kier molecular flexibility index (Phi) is 5.05. The summed E-state index contributed by atoms with van der Waals surface area (Å²) >= 11 is 0. The van der Waals surface area contributed by atoms with E-state index in [2.05, 4.69) is 12.2 Å². The first-order valence-electron chi connectivity index (χ1n) is 6.77. The van der Waals surface area contributed by atoms with Crippen molar-refractivity contribution in [1.82, 2.24) is 0 Å². The molecule has 1 fully saturated rings. The SMILES string of the molecule is O=C(CC[C@@H]1CCCO1)OC[C@H]1CC=CCC1. The molecule has 0 aromatic rings. The van der Waals surface area contributed by atoms with E-state index in [-0.39, 0.29) is 5.97 Å². The molecule has 3 heteroatoms. The Morgan fingerprint density at radius 1 is 1.35 bits per heavy atom. The molecule has 0 aromatic carbocycles. The van der Waals surface area contributed by atoms with Gasteiger partial charge in [0.1, 0.15) is 0 Å². The Morgan fingerprint density at radius 2 is 2.29 bits per heavy atom. The van der Waals surface area contributed by atoms with Gasteiger partial charge in [-0.25, -0.2) is 0 Å². The zero-order chi connectivity index (χ0) is 11.9. The van der Waals surface area contributed by atoms with Crippen molar-refractivity contribution in [2.75, 3.05) is 13.2 Å². The maximum atomic E-state index is 11.5. The quantitative estimate of drug-likeness (QED) is 0.546. The number of rotatable bonds is 5. The molecule has 1 saturated heterocycles. The van der Waals surface area contributed by atoms with Gasteiger partial charge in [-0.1, -0.05) is 12.2 Å². The van der Waals surface area contributed by atoms with Crippen LogP contribution in [0.1, 0.15) is 44.9 Å². The Hall–Kier alpha value is -0.830. The molecule has 2 rings (SSSR count). The van der Waals surface area contributed by atoms with Crippen LogP contribution in [0.15, 0.2) is 12.2 Å². The van der Waals surface area contributed by atoms with E-state index in [4.69, 9.17) is 9.47 Å². The van der Waals surface area contributed by atoms with Crippen LogP contribution >= 0.6 is 0 Å². The van der Waals surface area contributed by atoms with Crippen LogP contribution in [0, 0.1) is 5.92 Å². The van der Waals surface area contributed by atoms with E-state index in [9.17, 15) is 4.79 Å². The number of allylic oxidation sites excluding steroid dienone is 2. The summed E-state index contributed by atoms with van der Waals surface area (Å²) in [6.45, 7) is 1.45. The molecule has 0 radical (unpaired) electrons. The van der Waals surface area contributed by atoms with E-state index in [1.54, 1.807) is 0 Å². The van der Waals surface area contributed by atoms with E-state index < -0.39 is 0 Å². The van der Waals surface area contributed by atoms with Gasteiger partial charge in [0.05, 0.1) is 12.7 Å². The first kappa shape index (κ1) is 12.6. The van der Waals surface area contributed by atoms with Crippen LogP contribution in [0.25, 0.3) is 0 Å². The number of carbonyl (C=O) groups excluding carboxylic acids is 1. The lowest BCUT2D eigenvalue weighted by Gasteiger charge is -2.17. The molecule has 0 N–H and O–H groups in total. The van der Waals surface area contributed by atoms with Crippen molar-refractivity contribution in [3.8, 4) is 0 Å². The van der Waals surface area contributed by atoms with E-state index in [1.165, 1.54) is 0 Å². The summed E-state index contributed by atoms with van der Waals surface area (Å²) in [6.07, 6.45) is 11.6. The summed E-state index contributed by atoms with van der Waals surface area (Å²) < 4.78 is 10.8. The summed E-state index contributed by atoms with van der Waals surface area (Å²) in [6, 6.07) is 0. The molecular formula is C14H22O3. The third-order valence-corrected chi connectivity index (χ3v) is 3.55. The molecule has 0 saturated carbocycles. The molecule has 0 aromatic heterocycles. The van der Waals surface area contributed by atoms with E-state index in [1.807, 2.05) is 0 Å². The zero-order valence-corrected chi connectivity index (χ0v) is 10.4. The van der Waals surface area contributed by atoms with Gasteiger partial charge in [0.25, 0.3) is 0 Å². The lowest BCUT2D eigenvalue weighted by molar-refractivity contribution is -0.145. The fourth-order valence-corrected chi connectivity index (χ4v) is 2.44. The van der Waals surface area contributed by atoms with Gasteiger partial charge >= 0.3 is 5.97 Å². The summed E-state index contributed by atoms with van der Waals surface area (Å²) in [5.41, 5.74) is 0. The molecule has 0 spiro atoms. The van der Waals surface area contributed by atoms with Crippen LogP contribution in [0.2, 0.25) is 0 Å². The maximum absolute atomic E-state index is 11.5. The topological polar surface area (TPSA) is 35.5 Å². The highest BCUT2D eigenvalue weighted by Crippen LogP contribution is 2.19. The number of hydrogen-bond acceptors (Lipinski definition) is 3. The number of esters is 1. The Balaban J connectivity index is 1.55. The highest BCUT2D eigenvalue weighted by Gasteiger charge is 2.18. The second kappa shape index (κ2) is 6.80. The van der Waals surface area contributed by atoms with E-state index in [0.717, 1.165) is 45.1 Å². The van der Waals surface area contributed by atoms with Gasteiger partial charge in [0.15, 0.2) is 0 Å². The standard InChI is InChI=1S/C14H22O3/c15-14(9-8-13-7-4-10-16-13)17-11-12-5-2-1-3-6-12/h1-2,12-13H,3-11H2/t12-,13-/m0/s1. The van der Waals surface area contributed by atoms with Gasteiger partial charge in [-0.2, -0.15) is 0 Å². The number of carbonyl (C=O) groups is 1. The highest BCUT2D eigenvalue weighted by atomic mass is 16.5. The first-order chi connectivity index (χ1) is 8.34. The maximum Gasteiger partial charge on any atom is 0.305 e. The predicted molar refractivity (Wildman–Crippen MR) is 65.6 cm³/mol. The van der Waals surface area contributed by atoms with Gasteiger partial charge < -0.3 is 9.47 Å². The Morgan fingerprint density at radius 3 is 3.00 bits per heavy atom. The highest BCUT2D eigenvalue weighted by molar-refractivity contribution is 5.69. The molecule has 2 aliphatic rings. The van der Waals surface area contributed by atoms with E-state index in [0.29, 0.717) is 25.0 Å². The van der Waals surface area contributed by atoms with Crippen molar-refractivity contribution in [2.45, 2.75) is 51.0 Å². The second-order valence-corrected chi connectivity index (χ2v) is 5.01. The minimum Gasteiger partial charge on any atom is -0.465 e. The Bertz CT molecular complexity index is 267. The van der Waals surface area contributed by atoms with Crippen molar-refractivity contribution < 1.29 is 14.3 Å². The van der Waals surface area contributed by atoms with Gasteiger partial charge in [-0.3, -0.25) is 4.79 Å². The molecule has 1 heterocycles. The van der Waals surface area contributed by atoms with Crippen molar-refractivity contribution in [1.29, 1.82) is 0 Å². The van der Waals surface area contributed by atoms with Crippen molar-refractivity contribution >= 4 is 5.97 Å². The van der Waals surface area contributed by atoms with Crippen LogP contribution in [0.3, 0.4) is 0 Å². The molecule has 0 amide bonds. The van der Waals surface area contributed by atoms with Gasteiger partial charge in [-0.05, 0) is 44.4 Å². The average molecular weight is 238 g/mol. The van der Waals surface area contributed by atoms with Gasteiger partial charge in [0, 0.05) is 13.0 Å². The van der Waals surface area contributed by atoms with Gasteiger partial charge in [-0.15, -0.1) is 0 Å². The molecular weight excluding hydrogens is 216 g/mol. The molecule has 2 atom stereocenters. The molecule has 0 unspecified atom stereocenters. The van der Waals surface area contributed by atoms with Crippen LogP contribution in [0.5, 0.6) is 0 Å². The minimum atomic E-state index is -0.0601. The van der Waals surface area contributed by atoms with Crippen molar-refractivity contribution in [3.05, 3.63) is 12.2 Å². The average Bonchev–Trinajstić information content (AvgIpc) is 2.88. The van der Waals surface area contributed by atoms with Crippen LogP contribution in [0.4, 0.5) is 0 Å². The molecule has 17 heavy (non-hydrogen) atoms. The fourth-order valence-electron chi connectivity index (χ4n) is 2.44. The lowest BCUT2D eigenvalue weighted by Crippen LogP contribution is -2.16. The normalized spacial score (nSPS) is 28.2. The number of hydrogen-bond donors (Lipinski definition) is 0.